The molecule has 0 heterocycles. The molecular weight excluding hydrogens is 264 g/mol. The topological polar surface area (TPSA) is 93.2 Å². The van der Waals surface area contributed by atoms with Crippen LogP contribution in [-0.4, -0.2) is 27.1 Å². The number of ether oxygens (including phenoxy) is 1. The van der Waals surface area contributed by atoms with Crippen LogP contribution >= 0.6 is 0 Å². The smallest absolute Gasteiger partial charge is 0.175 e. The second kappa shape index (κ2) is 5.61. The highest BCUT2D eigenvalue weighted by molar-refractivity contribution is 7.90. The summed E-state index contributed by atoms with van der Waals surface area (Å²) in [5, 5.41) is 7.44. The molecule has 0 aliphatic rings. The zero-order chi connectivity index (χ0) is 14.7. The summed E-state index contributed by atoms with van der Waals surface area (Å²) >= 11 is 0. The van der Waals surface area contributed by atoms with Gasteiger partial charge in [0, 0.05) is 11.7 Å². The van der Waals surface area contributed by atoms with Gasteiger partial charge in [0.05, 0.1) is 17.3 Å². The molecule has 0 amide bonds. The summed E-state index contributed by atoms with van der Waals surface area (Å²) in [6.45, 7) is 4.11. The van der Waals surface area contributed by atoms with Gasteiger partial charge in [0.1, 0.15) is 5.75 Å². The molecule has 6 heteroatoms. The van der Waals surface area contributed by atoms with Crippen molar-refractivity contribution in [3.05, 3.63) is 24.3 Å². The highest BCUT2D eigenvalue weighted by Gasteiger charge is 2.21. The fourth-order valence-corrected chi connectivity index (χ4v) is 2.01. The normalized spacial score (nSPS) is 12.2. The van der Waals surface area contributed by atoms with Gasteiger partial charge in [-0.2, -0.15) is 0 Å². The molecule has 0 aliphatic heterocycles. The first-order chi connectivity index (χ1) is 8.63. The quantitative estimate of drug-likeness (QED) is 0.615. The van der Waals surface area contributed by atoms with Crippen LogP contribution in [0.4, 0.5) is 0 Å². The van der Waals surface area contributed by atoms with Crippen LogP contribution in [0.15, 0.2) is 29.2 Å². The van der Waals surface area contributed by atoms with Gasteiger partial charge < -0.3 is 10.5 Å². The SMILES string of the molecule is CC(C)(CCOc1cccc(S(C)(=O)=O)c1)C(=N)N. The molecule has 3 N–H and O–H groups in total. The Kier molecular flexibility index (Phi) is 4.57. The number of sulfone groups is 1. The van der Waals surface area contributed by atoms with E-state index in [1.807, 2.05) is 13.8 Å². The van der Waals surface area contributed by atoms with Crippen LogP contribution in [0, 0.1) is 10.8 Å². The van der Waals surface area contributed by atoms with E-state index in [0.717, 1.165) is 6.26 Å². The lowest BCUT2D eigenvalue weighted by molar-refractivity contribution is 0.268. The molecule has 0 unspecified atom stereocenters. The minimum atomic E-state index is -3.23. The molecule has 0 fully saturated rings. The first-order valence-electron chi connectivity index (χ1n) is 5.90. The van der Waals surface area contributed by atoms with Gasteiger partial charge in [-0.25, -0.2) is 8.42 Å². The Morgan fingerprint density at radius 2 is 2.05 bits per heavy atom. The van der Waals surface area contributed by atoms with Crippen LogP contribution in [0.5, 0.6) is 5.75 Å². The van der Waals surface area contributed by atoms with E-state index >= 15 is 0 Å². The zero-order valence-electron chi connectivity index (χ0n) is 11.4. The van der Waals surface area contributed by atoms with Crippen molar-refractivity contribution in [3.63, 3.8) is 0 Å². The molecule has 0 aliphatic carbocycles. The van der Waals surface area contributed by atoms with Crippen molar-refractivity contribution in [3.8, 4) is 5.75 Å². The van der Waals surface area contributed by atoms with Crippen LogP contribution < -0.4 is 10.5 Å². The predicted molar refractivity (Wildman–Crippen MR) is 75.4 cm³/mol. The molecule has 0 bridgehead atoms. The van der Waals surface area contributed by atoms with Gasteiger partial charge in [0.2, 0.25) is 0 Å². The zero-order valence-corrected chi connectivity index (χ0v) is 12.3. The first-order valence-corrected chi connectivity index (χ1v) is 7.79. The molecule has 19 heavy (non-hydrogen) atoms. The lowest BCUT2D eigenvalue weighted by atomic mass is 9.88. The number of nitrogens with two attached hydrogens (primary N) is 1. The maximum Gasteiger partial charge on any atom is 0.175 e. The van der Waals surface area contributed by atoms with Gasteiger partial charge in [0.15, 0.2) is 9.84 Å². The van der Waals surface area contributed by atoms with Crippen molar-refractivity contribution in [2.24, 2.45) is 11.1 Å². The fraction of sp³-hybridized carbons (Fsp3) is 0.462. The second-order valence-corrected chi connectivity index (χ2v) is 7.16. The third kappa shape index (κ3) is 4.55. The summed E-state index contributed by atoms with van der Waals surface area (Å²) < 4.78 is 28.3. The van der Waals surface area contributed by atoms with Crippen LogP contribution in [-0.2, 0) is 9.84 Å². The summed E-state index contributed by atoms with van der Waals surface area (Å²) in [6, 6.07) is 6.37. The third-order valence-electron chi connectivity index (χ3n) is 2.96. The molecule has 5 nitrogen and oxygen atoms in total. The van der Waals surface area contributed by atoms with Gasteiger partial charge in [-0.15, -0.1) is 0 Å². The minimum Gasteiger partial charge on any atom is -0.494 e. The number of hydrogen-bond donors (Lipinski definition) is 2. The second-order valence-electron chi connectivity index (χ2n) is 5.14. The van der Waals surface area contributed by atoms with E-state index in [2.05, 4.69) is 0 Å². The fourth-order valence-electron chi connectivity index (χ4n) is 1.35. The summed E-state index contributed by atoms with van der Waals surface area (Å²) in [6.07, 6.45) is 1.75. The molecule has 0 spiro atoms. The van der Waals surface area contributed by atoms with Gasteiger partial charge >= 0.3 is 0 Å². The molecule has 0 atom stereocenters. The van der Waals surface area contributed by atoms with E-state index in [-0.39, 0.29) is 10.7 Å². The first kappa shape index (κ1) is 15.5. The Bertz CT molecular complexity index is 565. The maximum absolute atomic E-state index is 11.4. The average Bonchev–Trinajstić information content (AvgIpc) is 2.28. The van der Waals surface area contributed by atoms with Crippen molar-refractivity contribution < 1.29 is 13.2 Å². The van der Waals surface area contributed by atoms with Crippen LogP contribution in [0.3, 0.4) is 0 Å². The Hall–Kier alpha value is -1.56. The summed E-state index contributed by atoms with van der Waals surface area (Å²) in [5.41, 5.74) is 5.06. The average molecular weight is 284 g/mol. The summed E-state index contributed by atoms with van der Waals surface area (Å²) in [4.78, 5) is 0.232. The lowest BCUT2D eigenvalue weighted by Gasteiger charge is -2.22. The van der Waals surface area contributed by atoms with E-state index in [4.69, 9.17) is 15.9 Å². The molecule has 106 valence electrons. The Morgan fingerprint density at radius 1 is 1.42 bits per heavy atom. The van der Waals surface area contributed by atoms with Crippen molar-refractivity contribution in [2.75, 3.05) is 12.9 Å². The number of hydrogen-bond acceptors (Lipinski definition) is 4. The highest BCUT2D eigenvalue weighted by atomic mass is 32.2. The molecule has 1 aromatic carbocycles. The number of benzene rings is 1. The largest absolute Gasteiger partial charge is 0.494 e. The van der Waals surface area contributed by atoms with Gasteiger partial charge in [-0.05, 0) is 24.6 Å². The van der Waals surface area contributed by atoms with E-state index in [1.54, 1.807) is 12.1 Å². The van der Waals surface area contributed by atoms with Gasteiger partial charge in [0.25, 0.3) is 0 Å². The molecule has 1 aromatic rings. The lowest BCUT2D eigenvalue weighted by Crippen LogP contribution is -2.32. The van der Waals surface area contributed by atoms with Gasteiger partial charge in [-0.1, -0.05) is 19.9 Å². The number of nitrogens with one attached hydrogen (secondary N) is 1. The molecule has 1 rings (SSSR count). The predicted octanol–water partition coefficient (Wildman–Crippen LogP) is 1.82. The maximum atomic E-state index is 11.4. The molecule has 0 saturated carbocycles. The van der Waals surface area contributed by atoms with Crippen LogP contribution in [0.2, 0.25) is 0 Å². The Balaban J connectivity index is 2.67. The summed E-state index contributed by atoms with van der Waals surface area (Å²) in [5.74, 6) is 0.614. The van der Waals surface area contributed by atoms with E-state index in [9.17, 15) is 8.42 Å². The van der Waals surface area contributed by atoms with Crippen molar-refractivity contribution in [1.82, 2.24) is 0 Å². The molecule has 0 saturated heterocycles. The van der Waals surface area contributed by atoms with Gasteiger partial charge in [-0.3, -0.25) is 5.41 Å². The minimum absolute atomic E-state index is 0.112. The number of rotatable bonds is 6. The van der Waals surface area contributed by atoms with E-state index in [1.165, 1.54) is 12.1 Å². The third-order valence-corrected chi connectivity index (χ3v) is 4.07. The van der Waals surface area contributed by atoms with Crippen LogP contribution in [0.25, 0.3) is 0 Å². The van der Waals surface area contributed by atoms with E-state index < -0.39 is 15.3 Å². The number of amidine groups is 1. The molecular formula is C13H20N2O3S. The highest BCUT2D eigenvalue weighted by Crippen LogP contribution is 2.22. The standard InChI is InChI=1S/C13H20N2O3S/c1-13(2,12(14)15)7-8-18-10-5-4-6-11(9-10)19(3,16)17/h4-6,9H,7-8H2,1-3H3,(H3,14,15). The summed E-state index contributed by atoms with van der Waals surface area (Å²) in [7, 11) is -3.23. The van der Waals surface area contributed by atoms with Crippen molar-refractivity contribution in [1.29, 1.82) is 5.41 Å². The Labute approximate surface area is 114 Å². The van der Waals surface area contributed by atoms with E-state index in [0.29, 0.717) is 18.8 Å². The van der Waals surface area contributed by atoms with Crippen molar-refractivity contribution >= 4 is 15.7 Å². The molecule has 0 aromatic heterocycles. The Morgan fingerprint density at radius 3 is 2.58 bits per heavy atom. The monoisotopic (exact) mass is 284 g/mol. The molecule has 0 radical (unpaired) electrons. The van der Waals surface area contributed by atoms with Crippen molar-refractivity contribution in [2.45, 2.75) is 25.2 Å². The van der Waals surface area contributed by atoms with Crippen LogP contribution in [0.1, 0.15) is 20.3 Å².